The van der Waals surface area contributed by atoms with Gasteiger partial charge in [0.05, 0.1) is 7.85 Å². The van der Waals surface area contributed by atoms with Gasteiger partial charge in [-0.25, -0.2) is 4.39 Å². The molecule has 1 unspecified atom stereocenters. The number of aryl methyl sites for hydroxylation is 2. The van der Waals surface area contributed by atoms with Gasteiger partial charge in [-0.2, -0.15) is 0 Å². The van der Waals surface area contributed by atoms with E-state index in [-0.39, 0.29) is 11.9 Å². The van der Waals surface area contributed by atoms with Gasteiger partial charge in [0, 0.05) is 11.6 Å². The van der Waals surface area contributed by atoms with Gasteiger partial charge in [0.2, 0.25) is 0 Å². The Kier molecular flexibility index (Phi) is 3.92. The number of halogens is 1. The molecule has 0 saturated carbocycles. The van der Waals surface area contributed by atoms with Crippen molar-refractivity contribution in [3.8, 4) is 0 Å². The first-order valence-electron chi connectivity index (χ1n) is 5.23. The first-order valence-corrected chi connectivity index (χ1v) is 5.23. The third-order valence-electron chi connectivity index (χ3n) is 2.67. The Hall–Kier alpha value is -0.825. The highest BCUT2D eigenvalue weighted by atomic mass is 19.1. The van der Waals surface area contributed by atoms with Crippen LogP contribution in [0.15, 0.2) is 6.07 Å². The molecule has 0 amide bonds. The molecule has 1 nitrogen and oxygen atoms in total. The van der Waals surface area contributed by atoms with E-state index in [0.29, 0.717) is 23.9 Å². The Bertz CT molecular complexity index is 361. The second kappa shape index (κ2) is 4.80. The quantitative estimate of drug-likeness (QED) is 0.754. The number of rotatable bonds is 3. The molecular weight excluding hydrogens is 188 g/mol. The van der Waals surface area contributed by atoms with Crippen LogP contribution in [0.2, 0.25) is 6.32 Å². The van der Waals surface area contributed by atoms with Crippen LogP contribution >= 0.6 is 0 Å². The first kappa shape index (κ1) is 12.2. The van der Waals surface area contributed by atoms with Crippen molar-refractivity contribution in [2.75, 3.05) is 0 Å². The molecule has 2 N–H and O–H groups in total. The number of hydrogen-bond acceptors (Lipinski definition) is 1. The zero-order valence-electron chi connectivity index (χ0n) is 9.60. The second-order valence-electron chi connectivity index (χ2n) is 4.04. The highest BCUT2D eigenvalue weighted by Crippen LogP contribution is 2.26. The van der Waals surface area contributed by atoms with E-state index in [2.05, 4.69) is 0 Å². The molecular formula is C12H17BFN. The van der Waals surface area contributed by atoms with Crippen LogP contribution in [-0.2, 0) is 6.42 Å². The molecule has 3 heteroatoms. The highest BCUT2D eigenvalue weighted by Gasteiger charge is 2.16. The number of hydrogen-bond donors (Lipinski definition) is 1. The minimum atomic E-state index is -0.287. The van der Waals surface area contributed by atoms with Crippen molar-refractivity contribution in [1.82, 2.24) is 0 Å². The summed E-state index contributed by atoms with van der Waals surface area (Å²) in [5.74, 6) is -0.181. The van der Waals surface area contributed by atoms with Crippen molar-refractivity contribution in [2.24, 2.45) is 5.73 Å². The van der Waals surface area contributed by atoms with E-state index in [9.17, 15) is 4.39 Å². The van der Waals surface area contributed by atoms with Gasteiger partial charge in [0.15, 0.2) is 0 Å². The molecule has 1 rings (SSSR count). The molecule has 80 valence electrons. The van der Waals surface area contributed by atoms with Crippen LogP contribution < -0.4 is 5.73 Å². The lowest BCUT2D eigenvalue weighted by molar-refractivity contribution is 0.580. The molecule has 1 aromatic carbocycles. The maximum absolute atomic E-state index is 13.9. The van der Waals surface area contributed by atoms with Gasteiger partial charge in [-0.1, -0.05) is 12.4 Å². The maximum atomic E-state index is 13.9. The Labute approximate surface area is 92.3 Å². The number of nitrogens with two attached hydrogens (primary N) is 1. The predicted octanol–water partition coefficient (Wildman–Crippen LogP) is 2.59. The molecule has 0 aliphatic carbocycles. The predicted molar refractivity (Wildman–Crippen MR) is 62.7 cm³/mol. The highest BCUT2D eigenvalue weighted by molar-refractivity contribution is 6.08. The van der Waals surface area contributed by atoms with Crippen LogP contribution in [0.3, 0.4) is 0 Å². The molecule has 1 aromatic rings. The fourth-order valence-electron chi connectivity index (χ4n) is 1.98. The number of benzene rings is 1. The largest absolute Gasteiger partial charge is 0.324 e. The van der Waals surface area contributed by atoms with E-state index >= 15 is 0 Å². The smallest absolute Gasteiger partial charge is 0.131 e. The molecule has 0 aliphatic rings. The summed E-state index contributed by atoms with van der Waals surface area (Å²) in [5.41, 5.74) is 9.12. The monoisotopic (exact) mass is 205 g/mol. The van der Waals surface area contributed by atoms with Gasteiger partial charge < -0.3 is 5.73 Å². The molecule has 15 heavy (non-hydrogen) atoms. The van der Waals surface area contributed by atoms with Crippen molar-refractivity contribution in [3.63, 3.8) is 0 Å². The summed E-state index contributed by atoms with van der Waals surface area (Å²) >= 11 is 0. The molecule has 0 heterocycles. The third kappa shape index (κ3) is 2.40. The minimum absolute atomic E-state index is 0.181. The van der Waals surface area contributed by atoms with Gasteiger partial charge in [-0.3, -0.25) is 0 Å². The van der Waals surface area contributed by atoms with Crippen LogP contribution in [0.25, 0.3) is 0 Å². The minimum Gasteiger partial charge on any atom is -0.324 e. The van der Waals surface area contributed by atoms with Crippen LogP contribution in [0.1, 0.15) is 35.2 Å². The van der Waals surface area contributed by atoms with Crippen LogP contribution in [-0.4, -0.2) is 7.85 Å². The van der Waals surface area contributed by atoms with E-state index in [1.807, 2.05) is 13.0 Å². The summed E-state index contributed by atoms with van der Waals surface area (Å²) in [6, 6.07) is 1.57. The summed E-state index contributed by atoms with van der Waals surface area (Å²) < 4.78 is 13.9. The van der Waals surface area contributed by atoms with Crippen molar-refractivity contribution in [3.05, 3.63) is 34.1 Å². The van der Waals surface area contributed by atoms with Gasteiger partial charge in [-0.05, 0) is 43.9 Å². The standard InChI is InChI=1S/C12H17BFN/c1-7-6-8(2)12(14)11(9(3)15)10(7)4-5-13/h6,9H,4-5,15H2,1-3H3. The Morgan fingerprint density at radius 3 is 2.47 bits per heavy atom. The van der Waals surface area contributed by atoms with Crippen molar-refractivity contribution < 1.29 is 4.39 Å². The summed E-state index contributed by atoms with van der Waals surface area (Å²) in [4.78, 5) is 0. The van der Waals surface area contributed by atoms with Gasteiger partial charge in [0.25, 0.3) is 0 Å². The van der Waals surface area contributed by atoms with Crippen molar-refractivity contribution in [2.45, 2.75) is 39.6 Å². The Morgan fingerprint density at radius 1 is 1.40 bits per heavy atom. The van der Waals surface area contributed by atoms with Crippen LogP contribution in [0, 0.1) is 19.7 Å². The van der Waals surface area contributed by atoms with Gasteiger partial charge in [0.1, 0.15) is 5.82 Å². The lowest BCUT2D eigenvalue weighted by atomic mass is 9.87. The SMILES string of the molecule is [B]CCc1c(C)cc(C)c(F)c1C(C)N. The zero-order valence-corrected chi connectivity index (χ0v) is 9.60. The van der Waals surface area contributed by atoms with E-state index < -0.39 is 0 Å². The lowest BCUT2D eigenvalue weighted by Gasteiger charge is -2.18. The molecule has 1 atom stereocenters. The topological polar surface area (TPSA) is 26.0 Å². The molecule has 0 fully saturated rings. The van der Waals surface area contributed by atoms with E-state index in [1.54, 1.807) is 13.8 Å². The fraction of sp³-hybridized carbons (Fsp3) is 0.500. The molecule has 0 aliphatic heterocycles. The molecule has 2 radical (unpaired) electrons. The van der Waals surface area contributed by atoms with Crippen molar-refractivity contribution >= 4 is 7.85 Å². The van der Waals surface area contributed by atoms with Crippen LogP contribution in [0.4, 0.5) is 4.39 Å². The van der Waals surface area contributed by atoms with Crippen LogP contribution in [0.5, 0.6) is 0 Å². The lowest BCUT2D eigenvalue weighted by Crippen LogP contribution is -2.13. The third-order valence-corrected chi connectivity index (χ3v) is 2.67. The molecule has 0 aromatic heterocycles. The summed E-state index contributed by atoms with van der Waals surface area (Å²) in [5, 5.41) is 0. The Morgan fingerprint density at radius 2 is 2.00 bits per heavy atom. The molecule has 0 bridgehead atoms. The van der Waals surface area contributed by atoms with E-state index in [1.165, 1.54) is 0 Å². The summed E-state index contributed by atoms with van der Waals surface area (Å²) in [6.07, 6.45) is 1.20. The van der Waals surface area contributed by atoms with E-state index in [4.69, 9.17) is 13.6 Å². The maximum Gasteiger partial charge on any atom is 0.131 e. The first-order chi connectivity index (χ1) is 6.99. The average molecular weight is 205 g/mol. The van der Waals surface area contributed by atoms with E-state index in [0.717, 1.165) is 11.1 Å². The molecule has 0 saturated heterocycles. The normalized spacial score (nSPS) is 12.9. The van der Waals surface area contributed by atoms with Gasteiger partial charge in [-0.15, -0.1) is 0 Å². The molecule has 0 spiro atoms. The Balaban J connectivity index is 3.40. The van der Waals surface area contributed by atoms with Crippen molar-refractivity contribution in [1.29, 1.82) is 0 Å². The summed E-state index contributed by atoms with van der Waals surface area (Å²) in [6.45, 7) is 5.54. The fourth-order valence-corrected chi connectivity index (χ4v) is 1.98. The zero-order chi connectivity index (χ0) is 11.6. The second-order valence-corrected chi connectivity index (χ2v) is 4.04. The summed E-state index contributed by atoms with van der Waals surface area (Å²) in [7, 11) is 5.52. The van der Waals surface area contributed by atoms with Gasteiger partial charge >= 0.3 is 0 Å². The average Bonchev–Trinajstić information content (AvgIpc) is 2.14.